The minimum absolute atomic E-state index is 0.837. The molecule has 0 atom stereocenters. The predicted molar refractivity (Wildman–Crippen MR) is 35.2 cm³/mol. The van der Waals surface area contributed by atoms with Crippen LogP contribution < -0.4 is 0 Å². The van der Waals surface area contributed by atoms with Crippen LogP contribution in [0.3, 0.4) is 0 Å². The third-order valence-corrected chi connectivity index (χ3v) is 2.06. The van der Waals surface area contributed by atoms with E-state index in [2.05, 4.69) is 15.5 Å². The molecule has 2 rings (SSSR count). The van der Waals surface area contributed by atoms with E-state index < -0.39 is 0 Å². The first-order chi connectivity index (χ1) is 4.95. The lowest BCUT2D eigenvalue weighted by atomic mass is 9.86. The Hall–Kier alpha value is -0.930. The summed E-state index contributed by atoms with van der Waals surface area (Å²) in [6.07, 6.45) is 5.75. The summed E-state index contributed by atoms with van der Waals surface area (Å²) in [6, 6.07) is 0. The molecule has 0 aromatic carbocycles. The van der Waals surface area contributed by atoms with Crippen LogP contribution in [0.15, 0.2) is 6.33 Å². The fraction of sp³-hybridized carbons (Fsp3) is 0.833. The van der Waals surface area contributed by atoms with Crippen molar-refractivity contribution in [1.29, 1.82) is 0 Å². The van der Waals surface area contributed by atoms with E-state index >= 15 is 0 Å². The molecule has 0 N–H and O–H groups in total. The van der Waals surface area contributed by atoms with Gasteiger partial charge in [-0.1, -0.05) is 6.42 Å². The van der Waals surface area contributed by atoms with Crippen molar-refractivity contribution >= 4 is 0 Å². The van der Waals surface area contributed by atoms with Gasteiger partial charge in [0.2, 0.25) is 0 Å². The van der Waals surface area contributed by atoms with Gasteiger partial charge in [0, 0.05) is 6.54 Å². The summed E-state index contributed by atoms with van der Waals surface area (Å²) >= 11 is 0. The molecule has 0 bridgehead atoms. The van der Waals surface area contributed by atoms with Crippen LogP contribution in [0.2, 0.25) is 0 Å². The normalized spacial score (nSPS) is 18.8. The molecule has 1 fully saturated rings. The third kappa shape index (κ3) is 1.01. The molecule has 0 radical (unpaired) electrons. The monoisotopic (exact) mass is 138 g/mol. The molecule has 10 heavy (non-hydrogen) atoms. The molecule has 0 saturated heterocycles. The average Bonchev–Trinajstić information content (AvgIpc) is 2.29. The van der Waals surface area contributed by atoms with Gasteiger partial charge < -0.3 is 0 Å². The van der Waals surface area contributed by atoms with E-state index in [9.17, 15) is 0 Å². The van der Waals surface area contributed by atoms with Crippen LogP contribution in [0.5, 0.6) is 0 Å². The van der Waals surface area contributed by atoms with Crippen molar-refractivity contribution in [2.24, 2.45) is 5.92 Å². The summed E-state index contributed by atoms with van der Waals surface area (Å²) in [5.41, 5.74) is 0. The number of hydrogen-bond donors (Lipinski definition) is 0. The molecule has 4 heteroatoms. The highest BCUT2D eigenvalue weighted by Gasteiger charge is 2.17. The first-order valence-electron chi connectivity index (χ1n) is 3.66. The van der Waals surface area contributed by atoms with Crippen molar-refractivity contribution in [3.63, 3.8) is 0 Å². The number of tetrazole rings is 1. The molecular formula is C6H10N4. The molecule has 1 saturated carbocycles. The molecule has 1 aliphatic carbocycles. The van der Waals surface area contributed by atoms with Crippen LogP contribution in [0, 0.1) is 5.92 Å². The van der Waals surface area contributed by atoms with Crippen LogP contribution in [0.4, 0.5) is 0 Å². The van der Waals surface area contributed by atoms with Crippen molar-refractivity contribution in [2.45, 2.75) is 25.8 Å². The summed E-state index contributed by atoms with van der Waals surface area (Å²) in [5, 5.41) is 10.9. The van der Waals surface area contributed by atoms with Crippen LogP contribution in [-0.2, 0) is 6.54 Å². The highest BCUT2D eigenvalue weighted by atomic mass is 15.5. The van der Waals surface area contributed by atoms with Gasteiger partial charge in [-0.15, -0.1) is 5.10 Å². The molecule has 4 nitrogen and oxygen atoms in total. The zero-order valence-corrected chi connectivity index (χ0v) is 5.77. The fourth-order valence-corrected chi connectivity index (χ4v) is 1.20. The molecule has 0 amide bonds. The lowest BCUT2D eigenvalue weighted by Gasteiger charge is -2.24. The standard InChI is InChI=1S/C6H10N4/c1-2-6(3-1)4-10-5-7-8-9-10/h5-6H,1-4H2. The molecule has 1 aliphatic rings. The molecular weight excluding hydrogens is 128 g/mol. The lowest BCUT2D eigenvalue weighted by molar-refractivity contribution is 0.264. The van der Waals surface area contributed by atoms with Crippen LogP contribution in [0.1, 0.15) is 19.3 Å². The highest BCUT2D eigenvalue weighted by Crippen LogP contribution is 2.27. The Kier molecular flexibility index (Phi) is 1.38. The number of hydrogen-bond acceptors (Lipinski definition) is 3. The second-order valence-corrected chi connectivity index (χ2v) is 2.83. The first kappa shape index (κ1) is 5.82. The second kappa shape index (κ2) is 2.36. The van der Waals surface area contributed by atoms with Crippen molar-refractivity contribution in [2.75, 3.05) is 0 Å². The minimum atomic E-state index is 0.837. The lowest BCUT2D eigenvalue weighted by Crippen LogP contribution is -2.18. The number of nitrogens with zero attached hydrogens (tertiary/aromatic N) is 4. The van der Waals surface area contributed by atoms with E-state index in [-0.39, 0.29) is 0 Å². The van der Waals surface area contributed by atoms with E-state index in [1.54, 1.807) is 6.33 Å². The predicted octanol–water partition coefficient (Wildman–Crippen LogP) is 0.473. The number of rotatable bonds is 2. The smallest absolute Gasteiger partial charge is 0.138 e. The topological polar surface area (TPSA) is 43.6 Å². The SMILES string of the molecule is c1nnnn1CC1CCC1. The second-order valence-electron chi connectivity index (χ2n) is 2.83. The summed E-state index contributed by atoms with van der Waals surface area (Å²) in [6.45, 7) is 1.01. The Morgan fingerprint density at radius 2 is 2.40 bits per heavy atom. The summed E-state index contributed by atoms with van der Waals surface area (Å²) in [4.78, 5) is 0. The summed E-state index contributed by atoms with van der Waals surface area (Å²) in [5.74, 6) is 0.837. The minimum Gasteiger partial charge on any atom is -0.232 e. The Morgan fingerprint density at radius 1 is 1.50 bits per heavy atom. The van der Waals surface area contributed by atoms with E-state index in [4.69, 9.17) is 0 Å². The Labute approximate surface area is 59.2 Å². The molecule has 1 aromatic rings. The molecule has 0 spiro atoms. The van der Waals surface area contributed by atoms with Gasteiger partial charge in [0.1, 0.15) is 6.33 Å². The summed E-state index contributed by atoms with van der Waals surface area (Å²) in [7, 11) is 0. The van der Waals surface area contributed by atoms with E-state index in [1.807, 2.05) is 4.68 Å². The molecule has 54 valence electrons. The first-order valence-corrected chi connectivity index (χ1v) is 3.66. The maximum absolute atomic E-state index is 3.79. The van der Waals surface area contributed by atoms with Gasteiger partial charge in [0.15, 0.2) is 0 Å². The average molecular weight is 138 g/mol. The van der Waals surface area contributed by atoms with E-state index in [1.165, 1.54) is 19.3 Å². The van der Waals surface area contributed by atoms with E-state index in [0.717, 1.165) is 12.5 Å². The zero-order chi connectivity index (χ0) is 6.81. The van der Waals surface area contributed by atoms with Crippen molar-refractivity contribution in [3.8, 4) is 0 Å². The third-order valence-electron chi connectivity index (χ3n) is 2.06. The van der Waals surface area contributed by atoms with Crippen LogP contribution in [0.25, 0.3) is 0 Å². The van der Waals surface area contributed by atoms with Gasteiger partial charge in [-0.25, -0.2) is 4.68 Å². The van der Waals surface area contributed by atoms with Gasteiger partial charge in [0.25, 0.3) is 0 Å². The van der Waals surface area contributed by atoms with Gasteiger partial charge in [-0.2, -0.15) is 0 Å². The van der Waals surface area contributed by atoms with Crippen molar-refractivity contribution < 1.29 is 0 Å². The molecule has 1 heterocycles. The molecule has 0 unspecified atom stereocenters. The van der Waals surface area contributed by atoms with Crippen molar-refractivity contribution in [1.82, 2.24) is 20.2 Å². The van der Waals surface area contributed by atoms with Crippen molar-refractivity contribution in [3.05, 3.63) is 6.33 Å². The quantitative estimate of drug-likeness (QED) is 0.596. The largest absolute Gasteiger partial charge is 0.232 e. The Morgan fingerprint density at radius 3 is 2.90 bits per heavy atom. The summed E-state index contributed by atoms with van der Waals surface area (Å²) < 4.78 is 1.81. The maximum Gasteiger partial charge on any atom is 0.138 e. The molecule has 1 aromatic heterocycles. The highest BCUT2D eigenvalue weighted by molar-refractivity contribution is 4.69. The zero-order valence-electron chi connectivity index (χ0n) is 5.77. The van der Waals surface area contributed by atoms with Gasteiger partial charge in [0.05, 0.1) is 0 Å². The number of aromatic nitrogens is 4. The van der Waals surface area contributed by atoms with Gasteiger partial charge in [-0.05, 0) is 29.2 Å². The maximum atomic E-state index is 3.79. The van der Waals surface area contributed by atoms with Crippen LogP contribution >= 0.6 is 0 Å². The fourth-order valence-electron chi connectivity index (χ4n) is 1.20. The van der Waals surface area contributed by atoms with Gasteiger partial charge in [-0.3, -0.25) is 0 Å². The van der Waals surface area contributed by atoms with Crippen LogP contribution in [-0.4, -0.2) is 20.2 Å². The van der Waals surface area contributed by atoms with E-state index in [0.29, 0.717) is 0 Å². The molecule has 0 aliphatic heterocycles. The Bertz CT molecular complexity index is 190. The van der Waals surface area contributed by atoms with Gasteiger partial charge >= 0.3 is 0 Å². The Balaban J connectivity index is 1.90.